The molecule has 1 aliphatic heterocycles. The van der Waals surface area contributed by atoms with Crippen LogP contribution in [-0.4, -0.2) is 44.0 Å². The van der Waals surface area contributed by atoms with Gasteiger partial charge in [0.25, 0.3) is 0 Å². The van der Waals surface area contributed by atoms with Gasteiger partial charge in [0.15, 0.2) is 5.82 Å². The summed E-state index contributed by atoms with van der Waals surface area (Å²) < 4.78 is 1.82. The Morgan fingerprint density at radius 3 is 2.71 bits per heavy atom. The number of rotatable bonds is 3. The average Bonchev–Trinajstić information content (AvgIpc) is 3.17. The third kappa shape index (κ3) is 3.00. The van der Waals surface area contributed by atoms with Gasteiger partial charge in [-0.15, -0.1) is 0 Å². The van der Waals surface area contributed by atoms with Gasteiger partial charge in [0.2, 0.25) is 0 Å². The van der Waals surface area contributed by atoms with E-state index in [9.17, 15) is 5.11 Å². The van der Waals surface area contributed by atoms with Gasteiger partial charge in [0.05, 0.1) is 11.8 Å². The molecule has 0 saturated carbocycles. The molecule has 0 spiro atoms. The molecule has 0 amide bonds. The van der Waals surface area contributed by atoms with Gasteiger partial charge in [-0.05, 0) is 49.2 Å². The number of hydrogen-bond acceptors (Lipinski definition) is 5. The number of benzene rings is 1. The van der Waals surface area contributed by atoms with Crippen LogP contribution < -0.4 is 4.90 Å². The topological polar surface area (TPSA) is 67.1 Å². The Balaban J connectivity index is 1.59. The molecular weight excluding hydrogens is 302 g/mol. The van der Waals surface area contributed by atoms with Crippen LogP contribution in [0.2, 0.25) is 0 Å². The Morgan fingerprint density at radius 1 is 1.08 bits per heavy atom. The molecule has 0 bridgehead atoms. The number of aliphatic hydroxyl groups excluding tert-OH is 1. The van der Waals surface area contributed by atoms with Crippen LogP contribution in [0, 0.1) is 0 Å². The molecule has 3 aromatic rings. The third-order valence-electron chi connectivity index (χ3n) is 4.26. The summed E-state index contributed by atoms with van der Waals surface area (Å²) in [6.07, 6.45) is 7.02. The highest BCUT2D eigenvalue weighted by atomic mass is 16.3. The Bertz CT molecular complexity index is 801. The number of nitrogens with zero attached hydrogens (tertiary/aromatic N) is 5. The van der Waals surface area contributed by atoms with Gasteiger partial charge in [0, 0.05) is 37.2 Å². The quantitative estimate of drug-likeness (QED) is 0.802. The van der Waals surface area contributed by atoms with E-state index in [1.807, 2.05) is 47.3 Å². The lowest BCUT2D eigenvalue weighted by Gasteiger charge is -2.31. The van der Waals surface area contributed by atoms with Crippen molar-refractivity contribution in [3.8, 4) is 17.1 Å². The van der Waals surface area contributed by atoms with Gasteiger partial charge in [-0.2, -0.15) is 5.10 Å². The average molecular weight is 321 g/mol. The fraction of sp³-hybridized carbons (Fsp3) is 0.278. The third-order valence-corrected chi connectivity index (χ3v) is 4.26. The lowest BCUT2D eigenvalue weighted by atomic mass is 10.1. The molecule has 6 nitrogen and oxygen atoms in total. The van der Waals surface area contributed by atoms with Crippen LogP contribution in [0.3, 0.4) is 0 Å². The predicted octanol–water partition coefficient (Wildman–Crippen LogP) is 2.29. The van der Waals surface area contributed by atoms with Gasteiger partial charge in [-0.25, -0.2) is 14.6 Å². The van der Waals surface area contributed by atoms with Crippen molar-refractivity contribution in [2.75, 3.05) is 18.0 Å². The first kappa shape index (κ1) is 14.8. The maximum Gasteiger partial charge on any atom is 0.161 e. The first-order valence-electron chi connectivity index (χ1n) is 8.16. The van der Waals surface area contributed by atoms with Crippen LogP contribution in [-0.2, 0) is 0 Å². The number of aliphatic hydroxyl groups is 1. The van der Waals surface area contributed by atoms with Crippen molar-refractivity contribution in [2.45, 2.75) is 18.9 Å². The molecule has 3 heterocycles. The smallest absolute Gasteiger partial charge is 0.161 e. The molecule has 1 atom stereocenters. The summed E-state index contributed by atoms with van der Waals surface area (Å²) in [5.41, 5.74) is 1.96. The zero-order valence-corrected chi connectivity index (χ0v) is 13.3. The van der Waals surface area contributed by atoms with Crippen molar-refractivity contribution in [2.24, 2.45) is 0 Å². The Morgan fingerprint density at radius 2 is 1.96 bits per heavy atom. The van der Waals surface area contributed by atoms with Crippen LogP contribution in [0.15, 0.2) is 55.0 Å². The van der Waals surface area contributed by atoms with E-state index in [1.54, 1.807) is 12.4 Å². The van der Waals surface area contributed by atoms with E-state index < -0.39 is 0 Å². The van der Waals surface area contributed by atoms with Gasteiger partial charge in [-0.1, -0.05) is 0 Å². The van der Waals surface area contributed by atoms with Crippen molar-refractivity contribution >= 4 is 5.82 Å². The zero-order chi connectivity index (χ0) is 16.4. The first-order chi connectivity index (χ1) is 11.8. The Labute approximate surface area is 140 Å². The van der Waals surface area contributed by atoms with Crippen LogP contribution in [0.25, 0.3) is 17.1 Å². The van der Waals surface area contributed by atoms with Crippen LogP contribution in [0.1, 0.15) is 12.8 Å². The minimum absolute atomic E-state index is 0.273. The summed E-state index contributed by atoms with van der Waals surface area (Å²) in [7, 11) is 0. The molecule has 0 aliphatic carbocycles. The van der Waals surface area contributed by atoms with Gasteiger partial charge in [0.1, 0.15) is 5.82 Å². The van der Waals surface area contributed by atoms with E-state index in [2.05, 4.69) is 20.0 Å². The first-order valence-corrected chi connectivity index (χ1v) is 8.16. The number of hydrogen-bond donors (Lipinski definition) is 1. The van der Waals surface area contributed by atoms with Crippen LogP contribution in [0.4, 0.5) is 5.82 Å². The summed E-state index contributed by atoms with van der Waals surface area (Å²) in [5.74, 6) is 1.56. The lowest BCUT2D eigenvalue weighted by Crippen LogP contribution is -2.38. The second-order valence-corrected chi connectivity index (χ2v) is 5.98. The van der Waals surface area contributed by atoms with E-state index in [0.717, 1.165) is 36.5 Å². The molecule has 0 radical (unpaired) electrons. The minimum atomic E-state index is -0.273. The second kappa shape index (κ2) is 6.41. The lowest BCUT2D eigenvalue weighted by molar-refractivity contribution is 0.154. The van der Waals surface area contributed by atoms with Crippen molar-refractivity contribution in [1.82, 2.24) is 19.7 Å². The Kier molecular flexibility index (Phi) is 3.96. The molecule has 1 unspecified atom stereocenters. The summed E-state index contributed by atoms with van der Waals surface area (Å²) in [6.45, 7) is 1.56. The summed E-state index contributed by atoms with van der Waals surface area (Å²) in [6, 6.07) is 11.8. The molecule has 4 rings (SSSR count). The number of β-amino-alcohol motifs (C(OH)–C–C–N with tert-alkyl or cyclic N) is 1. The summed E-state index contributed by atoms with van der Waals surface area (Å²) in [5, 5.41) is 14.1. The molecule has 2 aromatic heterocycles. The summed E-state index contributed by atoms with van der Waals surface area (Å²) >= 11 is 0. The second-order valence-electron chi connectivity index (χ2n) is 5.98. The van der Waals surface area contributed by atoms with E-state index >= 15 is 0 Å². The van der Waals surface area contributed by atoms with Gasteiger partial charge >= 0.3 is 0 Å². The largest absolute Gasteiger partial charge is 0.391 e. The molecular formula is C18H19N5O. The zero-order valence-electron chi connectivity index (χ0n) is 13.3. The van der Waals surface area contributed by atoms with Crippen molar-refractivity contribution < 1.29 is 5.11 Å². The fourth-order valence-corrected chi connectivity index (χ4v) is 3.01. The maximum atomic E-state index is 9.85. The highest BCUT2D eigenvalue weighted by molar-refractivity contribution is 5.59. The standard InChI is InChI=1S/C18H19N5O/c24-16-3-1-11-22(13-16)17-8-10-19-18(21-17)14-4-6-15(7-5-14)23-12-2-9-20-23/h2,4-10,12,16,24H,1,3,11,13H2. The number of piperidine rings is 1. The SMILES string of the molecule is OC1CCCN(c2ccnc(-c3ccc(-n4cccn4)cc3)n2)C1. The maximum absolute atomic E-state index is 9.85. The van der Waals surface area contributed by atoms with E-state index in [4.69, 9.17) is 0 Å². The molecule has 1 N–H and O–H groups in total. The van der Waals surface area contributed by atoms with Crippen molar-refractivity contribution in [1.29, 1.82) is 0 Å². The minimum Gasteiger partial charge on any atom is -0.391 e. The van der Waals surface area contributed by atoms with Crippen molar-refractivity contribution in [3.63, 3.8) is 0 Å². The molecule has 122 valence electrons. The fourth-order valence-electron chi connectivity index (χ4n) is 3.01. The van der Waals surface area contributed by atoms with Crippen LogP contribution >= 0.6 is 0 Å². The highest BCUT2D eigenvalue weighted by Crippen LogP contribution is 2.22. The normalized spacial score (nSPS) is 17.9. The monoisotopic (exact) mass is 321 g/mol. The van der Waals surface area contributed by atoms with E-state index in [-0.39, 0.29) is 6.10 Å². The van der Waals surface area contributed by atoms with Crippen molar-refractivity contribution in [3.05, 3.63) is 55.0 Å². The molecule has 24 heavy (non-hydrogen) atoms. The molecule has 1 saturated heterocycles. The molecule has 1 fully saturated rings. The Hall–Kier alpha value is -2.73. The molecule has 1 aromatic carbocycles. The van der Waals surface area contributed by atoms with Crippen LogP contribution in [0.5, 0.6) is 0 Å². The number of anilines is 1. The summed E-state index contributed by atoms with van der Waals surface area (Å²) in [4.78, 5) is 11.2. The van der Waals surface area contributed by atoms with E-state index in [1.165, 1.54) is 0 Å². The van der Waals surface area contributed by atoms with Gasteiger partial charge in [-0.3, -0.25) is 0 Å². The highest BCUT2D eigenvalue weighted by Gasteiger charge is 2.19. The van der Waals surface area contributed by atoms with Gasteiger partial charge < -0.3 is 10.0 Å². The number of aromatic nitrogens is 4. The van der Waals surface area contributed by atoms with E-state index in [0.29, 0.717) is 12.4 Å². The molecule has 1 aliphatic rings. The predicted molar refractivity (Wildman–Crippen MR) is 92.0 cm³/mol. The molecule has 6 heteroatoms.